The maximum Gasteiger partial charge on any atom is 0.330 e. The molecule has 0 amide bonds. The van der Waals surface area contributed by atoms with Crippen molar-refractivity contribution < 1.29 is 19.0 Å². The maximum atomic E-state index is 11.8. The molecule has 0 N–H and O–H groups in total. The Morgan fingerprint density at radius 1 is 1.00 bits per heavy atom. The van der Waals surface area contributed by atoms with Crippen LogP contribution in [0.5, 0.6) is 11.5 Å². The Kier molecular flexibility index (Phi) is 7.60. The van der Waals surface area contributed by atoms with Gasteiger partial charge in [-0.2, -0.15) is 0 Å². The lowest BCUT2D eigenvalue weighted by atomic mass is 10.2. The number of hydrogen-bond acceptors (Lipinski definition) is 6. The number of pyridine rings is 2. The second kappa shape index (κ2) is 10.8. The summed E-state index contributed by atoms with van der Waals surface area (Å²) in [4.78, 5) is 19.7. The molecule has 0 atom stereocenters. The van der Waals surface area contributed by atoms with Crippen molar-refractivity contribution in [1.82, 2.24) is 9.97 Å². The van der Waals surface area contributed by atoms with Crippen molar-refractivity contribution in [2.45, 2.75) is 6.61 Å². The molecule has 6 nitrogen and oxygen atoms in total. The maximum absolute atomic E-state index is 11.8. The first-order chi connectivity index (χ1) is 14.2. The van der Waals surface area contributed by atoms with E-state index in [0.29, 0.717) is 17.5 Å². The largest absolute Gasteiger partial charge is 0.490 e. The van der Waals surface area contributed by atoms with Gasteiger partial charge in [0.25, 0.3) is 0 Å². The number of carbonyl (C=O) groups is 1. The van der Waals surface area contributed by atoms with Crippen LogP contribution in [-0.4, -0.2) is 29.2 Å². The number of ether oxygens (including phenoxy) is 3. The van der Waals surface area contributed by atoms with Crippen molar-refractivity contribution in [2.75, 3.05) is 13.2 Å². The highest BCUT2D eigenvalue weighted by Gasteiger charge is 2.00. The van der Waals surface area contributed by atoms with Gasteiger partial charge in [0, 0.05) is 36.3 Å². The van der Waals surface area contributed by atoms with Crippen molar-refractivity contribution >= 4 is 23.6 Å². The molecule has 7 heteroatoms. The monoisotopic (exact) mass is 410 g/mol. The Balaban J connectivity index is 1.38. The minimum Gasteiger partial charge on any atom is -0.490 e. The Labute approximate surface area is 173 Å². The third kappa shape index (κ3) is 7.27. The number of hydrogen-bond donors (Lipinski definition) is 0. The van der Waals surface area contributed by atoms with Crippen LogP contribution in [0.2, 0.25) is 5.15 Å². The highest BCUT2D eigenvalue weighted by Crippen LogP contribution is 2.15. The van der Waals surface area contributed by atoms with Crippen LogP contribution in [0, 0.1) is 0 Å². The highest BCUT2D eigenvalue weighted by molar-refractivity contribution is 6.29. The van der Waals surface area contributed by atoms with Crippen LogP contribution in [0.15, 0.2) is 73.2 Å². The second-order valence-electron chi connectivity index (χ2n) is 5.88. The highest BCUT2D eigenvalue weighted by atomic mass is 35.5. The van der Waals surface area contributed by atoms with E-state index < -0.39 is 5.97 Å². The number of rotatable bonds is 9. The second-order valence-corrected chi connectivity index (χ2v) is 6.27. The Morgan fingerprint density at radius 2 is 1.86 bits per heavy atom. The average Bonchev–Trinajstić information content (AvgIpc) is 2.75. The molecule has 0 aliphatic rings. The summed E-state index contributed by atoms with van der Waals surface area (Å²) in [6.45, 7) is 0.802. The molecule has 2 aromatic heterocycles. The number of nitrogens with zero attached hydrogens (tertiary/aromatic N) is 2. The number of aromatic nitrogens is 2. The van der Waals surface area contributed by atoms with Gasteiger partial charge in [0.15, 0.2) is 0 Å². The molecule has 0 aliphatic heterocycles. The fourth-order valence-corrected chi connectivity index (χ4v) is 2.48. The molecule has 0 radical (unpaired) electrons. The lowest BCUT2D eigenvalue weighted by Crippen LogP contribution is -2.10. The number of carbonyl (C=O) groups excluding carboxylic acids is 1. The van der Waals surface area contributed by atoms with E-state index in [4.69, 9.17) is 25.8 Å². The van der Waals surface area contributed by atoms with Gasteiger partial charge in [-0.15, -0.1) is 0 Å². The Hall–Kier alpha value is -3.38. The summed E-state index contributed by atoms with van der Waals surface area (Å²) >= 11 is 5.77. The quantitative estimate of drug-likeness (QED) is 0.226. The van der Waals surface area contributed by atoms with Crippen molar-refractivity contribution in [2.24, 2.45) is 0 Å². The van der Waals surface area contributed by atoms with Crippen molar-refractivity contribution in [3.8, 4) is 11.5 Å². The van der Waals surface area contributed by atoms with Gasteiger partial charge in [0.1, 0.15) is 36.5 Å². The predicted octanol–water partition coefficient (Wildman–Crippen LogP) is 4.34. The number of halogens is 1. The molecule has 0 fully saturated rings. The molecule has 0 spiro atoms. The summed E-state index contributed by atoms with van der Waals surface area (Å²) in [6.07, 6.45) is 8.08. The topological polar surface area (TPSA) is 70.5 Å². The molecule has 2 heterocycles. The first-order valence-corrected chi connectivity index (χ1v) is 9.28. The predicted molar refractivity (Wildman–Crippen MR) is 110 cm³/mol. The van der Waals surface area contributed by atoms with Crippen LogP contribution < -0.4 is 9.47 Å². The van der Waals surface area contributed by atoms with Crippen LogP contribution in [-0.2, 0) is 16.1 Å². The van der Waals surface area contributed by atoms with Crippen molar-refractivity contribution in [3.63, 3.8) is 0 Å². The van der Waals surface area contributed by atoms with Gasteiger partial charge in [-0.05, 0) is 35.9 Å². The van der Waals surface area contributed by atoms with E-state index in [1.165, 1.54) is 6.08 Å². The Bertz CT molecular complexity index is 947. The zero-order chi connectivity index (χ0) is 20.3. The van der Waals surface area contributed by atoms with Gasteiger partial charge in [0.2, 0.25) is 0 Å². The first-order valence-electron chi connectivity index (χ1n) is 8.90. The molecule has 148 valence electrons. The van der Waals surface area contributed by atoms with Crippen molar-refractivity contribution in [1.29, 1.82) is 0 Å². The molecule has 3 rings (SSSR count). The van der Waals surface area contributed by atoms with Gasteiger partial charge >= 0.3 is 5.97 Å². The average molecular weight is 411 g/mol. The van der Waals surface area contributed by atoms with Crippen LogP contribution in [0.3, 0.4) is 0 Å². The van der Waals surface area contributed by atoms with E-state index in [2.05, 4.69) is 9.97 Å². The summed E-state index contributed by atoms with van der Waals surface area (Å²) in [7, 11) is 0. The van der Waals surface area contributed by atoms with E-state index in [1.54, 1.807) is 36.8 Å². The summed E-state index contributed by atoms with van der Waals surface area (Å²) in [5.74, 6) is 0.864. The summed E-state index contributed by atoms with van der Waals surface area (Å²) in [5.41, 5.74) is 1.86. The fraction of sp³-hybridized carbons (Fsp3) is 0.136. The zero-order valence-electron chi connectivity index (χ0n) is 15.5. The minimum absolute atomic E-state index is 0.129. The molecule has 0 aliphatic carbocycles. The molecule has 0 bridgehead atoms. The third-order valence-corrected chi connectivity index (χ3v) is 3.92. The SMILES string of the molecule is O=C(/C=C/c1ccc(OCc2cccnc2)cc1)OCCOc1ccnc(Cl)c1. The van der Waals surface area contributed by atoms with Crippen LogP contribution in [0.25, 0.3) is 6.08 Å². The summed E-state index contributed by atoms with van der Waals surface area (Å²) in [5, 5.41) is 0.343. The van der Waals surface area contributed by atoms with Crippen molar-refractivity contribution in [3.05, 3.63) is 89.5 Å². The third-order valence-electron chi connectivity index (χ3n) is 3.71. The van der Waals surface area contributed by atoms with Gasteiger partial charge in [0.05, 0.1) is 0 Å². The van der Waals surface area contributed by atoms with Crippen LogP contribution in [0.4, 0.5) is 0 Å². The van der Waals surface area contributed by atoms with Gasteiger partial charge in [-0.1, -0.05) is 29.8 Å². The lowest BCUT2D eigenvalue weighted by Gasteiger charge is -2.06. The lowest BCUT2D eigenvalue weighted by molar-refractivity contribution is -0.138. The van der Waals surface area contributed by atoms with Gasteiger partial charge in [-0.3, -0.25) is 4.98 Å². The number of esters is 1. The summed E-state index contributed by atoms with van der Waals surface area (Å²) in [6, 6.07) is 14.5. The molecule has 3 aromatic rings. The van der Waals surface area contributed by atoms with E-state index in [-0.39, 0.29) is 13.2 Å². The standard InChI is InChI=1S/C22H19ClN2O4/c23-21-14-20(9-11-25-21)27-12-13-28-22(26)8-5-17-3-6-19(7-4-17)29-16-18-2-1-10-24-15-18/h1-11,14-15H,12-13,16H2/b8-5+. The van der Waals surface area contributed by atoms with Crippen LogP contribution >= 0.6 is 11.6 Å². The Morgan fingerprint density at radius 3 is 2.62 bits per heavy atom. The molecular formula is C22H19ClN2O4. The molecule has 29 heavy (non-hydrogen) atoms. The van der Waals surface area contributed by atoms with E-state index in [0.717, 1.165) is 16.9 Å². The number of benzene rings is 1. The molecule has 0 unspecified atom stereocenters. The normalized spacial score (nSPS) is 10.7. The van der Waals surface area contributed by atoms with E-state index in [9.17, 15) is 4.79 Å². The molecule has 0 saturated heterocycles. The smallest absolute Gasteiger partial charge is 0.330 e. The molecule has 0 saturated carbocycles. The van der Waals surface area contributed by atoms with Crippen LogP contribution in [0.1, 0.15) is 11.1 Å². The summed E-state index contributed by atoms with van der Waals surface area (Å²) < 4.78 is 16.2. The van der Waals surface area contributed by atoms with Gasteiger partial charge in [-0.25, -0.2) is 9.78 Å². The van der Waals surface area contributed by atoms with Gasteiger partial charge < -0.3 is 14.2 Å². The molecule has 1 aromatic carbocycles. The first kappa shape index (κ1) is 20.4. The zero-order valence-corrected chi connectivity index (χ0v) is 16.3. The molecular weight excluding hydrogens is 392 g/mol. The minimum atomic E-state index is -0.446. The fourth-order valence-electron chi connectivity index (χ4n) is 2.31. The van der Waals surface area contributed by atoms with E-state index >= 15 is 0 Å². The van der Waals surface area contributed by atoms with E-state index in [1.807, 2.05) is 36.4 Å².